The molecule has 108 valence electrons. The smallest absolute Gasteiger partial charge is 0.238 e. The van der Waals surface area contributed by atoms with E-state index in [9.17, 15) is 8.42 Å². The number of benzene rings is 1. The minimum absolute atomic E-state index is 0.0329. The molecule has 0 bridgehead atoms. The minimum Gasteiger partial charge on any atom is -0.397 e. The van der Waals surface area contributed by atoms with Gasteiger partial charge in [0, 0.05) is 13.1 Å². The van der Waals surface area contributed by atoms with Crippen LogP contribution < -0.4 is 15.8 Å². The molecule has 1 atom stereocenters. The summed E-state index contributed by atoms with van der Waals surface area (Å²) in [5.41, 5.74) is 7.23. The fourth-order valence-electron chi connectivity index (χ4n) is 1.82. The molecule has 0 saturated carbocycles. The summed E-state index contributed by atoms with van der Waals surface area (Å²) in [6, 6.07) is 4.82. The van der Waals surface area contributed by atoms with Gasteiger partial charge in [-0.15, -0.1) is 0 Å². The first kappa shape index (κ1) is 15.8. The summed E-state index contributed by atoms with van der Waals surface area (Å²) in [5.74, 6) is 0. The van der Waals surface area contributed by atoms with E-state index in [1.54, 1.807) is 6.07 Å². The highest BCUT2D eigenvalue weighted by Crippen LogP contribution is 2.31. The molecule has 0 aliphatic rings. The van der Waals surface area contributed by atoms with Crippen LogP contribution in [0.15, 0.2) is 23.1 Å². The largest absolute Gasteiger partial charge is 0.397 e. The maximum absolute atomic E-state index is 11.3. The third-order valence-corrected chi connectivity index (χ3v) is 4.45. The Morgan fingerprint density at radius 1 is 1.26 bits per heavy atom. The van der Waals surface area contributed by atoms with Gasteiger partial charge in [-0.3, -0.25) is 0 Å². The van der Waals surface area contributed by atoms with Gasteiger partial charge in [0.15, 0.2) is 0 Å². The number of nitrogen functional groups attached to an aromatic ring is 1. The van der Waals surface area contributed by atoms with E-state index in [4.69, 9.17) is 10.9 Å². The minimum atomic E-state index is -3.71. The fourth-order valence-corrected chi connectivity index (χ4v) is 2.37. The second-order valence-electron chi connectivity index (χ2n) is 5.92. The second-order valence-corrected chi connectivity index (χ2v) is 7.48. The van der Waals surface area contributed by atoms with E-state index in [0.717, 1.165) is 5.69 Å². The second kappa shape index (κ2) is 5.02. The van der Waals surface area contributed by atoms with Crippen molar-refractivity contribution in [2.24, 2.45) is 10.6 Å². The molecule has 0 amide bonds. The summed E-state index contributed by atoms with van der Waals surface area (Å²) in [6.07, 6.45) is 0. The number of hydrogen-bond acceptors (Lipinski definition) is 4. The molecule has 0 aliphatic heterocycles. The van der Waals surface area contributed by atoms with Gasteiger partial charge in [-0.05, 0) is 30.5 Å². The Balaban J connectivity index is 3.17. The summed E-state index contributed by atoms with van der Waals surface area (Å²) in [5, 5.41) is 5.08. The molecule has 0 aliphatic carbocycles. The quantitative estimate of drug-likeness (QED) is 0.828. The van der Waals surface area contributed by atoms with Gasteiger partial charge < -0.3 is 10.6 Å². The van der Waals surface area contributed by atoms with Crippen LogP contribution in [0.5, 0.6) is 0 Å². The molecule has 0 heterocycles. The zero-order valence-electron chi connectivity index (χ0n) is 12.1. The molecule has 4 N–H and O–H groups in total. The lowest BCUT2D eigenvalue weighted by molar-refractivity contribution is 0.330. The summed E-state index contributed by atoms with van der Waals surface area (Å²) >= 11 is 0. The highest BCUT2D eigenvalue weighted by atomic mass is 32.2. The van der Waals surface area contributed by atoms with E-state index in [0.29, 0.717) is 5.69 Å². The Morgan fingerprint density at radius 3 is 2.16 bits per heavy atom. The van der Waals surface area contributed by atoms with Crippen molar-refractivity contribution in [1.82, 2.24) is 0 Å². The van der Waals surface area contributed by atoms with E-state index >= 15 is 0 Å². The lowest BCUT2D eigenvalue weighted by Gasteiger charge is -2.37. The van der Waals surface area contributed by atoms with Gasteiger partial charge in [-0.25, -0.2) is 13.6 Å². The van der Waals surface area contributed by atoms with E-state index in [1.165, 1.54) is 12.1 Å². The Morgan fingerprint density at radius 2 is 1.79 bits per heavy atom. The van der Waals surface area contributed by atoms with E-state index in [-0.39, 0.29) is 16.4 Å². The number of rotatable bonds is 3. The average Bonchev–Trinajstić information content (AvgIpc) is 2.24. The monoisotopic (exact) mass is 285 g/mol. The molecule has 1 aromatic carbocycles. The third kappa shape index (κ3) is 3.61. The first-order chi connectivity index (χ1) is 8.44. The van der Waals surface area contributed by atoms with Crippen molar-refractivity contribution in [2.75, 3.05) is 17.7 Å². The van der Waals surface area contributed by atoms with Crippen LogP contribution in [-0.4, -0.2) is 21.5 Å². The van der Waals surface area contributed by atoms with Crippen molar-refractivity contribution in [1.29, 1.82) is 0 Å². The summed E-state index contributed by atoms with van der Waals surface area (Å²) in [6.45, 7) is 8.53. The van der Waals surface area contributed by atoms with Gasteiger partial charge in [0.05, 0.1) is 16.3 Å². The molecule has 0 fully saturated rings. The molecule has 6 heteroatoms. The Hall–Kier alpha value is -1.27. The maximum atomic E-state index is 11.3. The highest BCUT2D eigenvalue weighted by molar-refractivity contribution is 7.89. The summed E-state index contributed by atoms with van der Waals surface area (Å²) in [7, 11) is -1.77. The van der Waals surface area contributed by atoms with Gasteiger partial charge in [0.2, 0.25) is 10.0 Å². The van der Waals surface area contributed by atoms with Gasteiger partial charge in [-0.2, -0.15) is 0 Å². The van der Waals surface area contributed by atoms with Gasteiger partial charge in [-0.1, -0.05) is 20.8 Å². The van der Waals surface area contributed by atoms with Crippen molar-refractivity contribution in [3.05, 3.63) is 18.2 Å². The van der Waals surface area contributed by atoms with Crippen LogP contribution in [0.1, 0.15) is 27.7 Å². The fraction of sp³-hybridized carbons (Fsp3) is 0.538. The van der Waals surface area contributed by atoms with Crippen molar-refractivity contribution in [2.45, 2.75) is 38.6 Å². The topological polar surface area (TPSA) is 89.4 Å². The SMILES string of the molecule is CC(N(C)c1ccc(S(N)(=O)=O)cc1N)C(C)(C)C. The molecule has 0 radical (unpaired) electrons. The molecule has 1 rings (SSSR count). The number of primary sulfonamides is 1. The van der Waals surface area contributed by atoms with Crippen molar-refractivity contribution >= 4 is 21.4 Å². The molecule has 19 heavy (non-hydrogen) atoms. The number of hydrogen-bond donors (Lipinski definition) is 2. The molecular formula is C13H23N3O2S. The van der Waals surface area contributed by atoms with Crippen molar-refractivity contribution in [3.63, 3.8) is 0 Å². The van der Waals surface area contributed by atoms with Crippen LogP contribution in [0, 0.1) is 5.41 Å². The predicted molar refractivity (Wildman–Crippen MR) is 79.5 cm³/mol. The van der Waals surface area contributed by atoms with Crippen LogP contribution in [0.3, 0.4) is 0 Å². The van der Waals surface area contributed by atoms with Gasteiger partial charge in [0.1, 0.15) is 0 Å². The van der Waals surface area contributed by atoms with Crippen molar-refractivity contribution < 1.29 is 8.42 Å². The Bertz CT molecular complexity index is 562. The highest BCUT2D eigenvalue weighted by Gasteiger charge is 2.25. The molecule has 0 aromatic heterocycles. The summed E-state index contributed by atoms with van der Waals surface area (Å²) in [4.78, 5) is 2.08. The van der Waals surface area contributed by atoms with E-state index < -0.39 is 10.0 Å². The van der Waals surface area contributed by atoms with Crippen LogP contribution in [0.25, 0.3) is 0 Å². The molecule has 1 unspecified atom stereocenters. The lowest BCUT2D eigenvalue weighted by Crippen LogP contribution is -2.39. The van der Waals surface area contributed by atoms with Gasteiger partial charge >= 0.3 is 0 Å². The normalized spacial score (nSPS) is 14.2. The summed E-state index contributed by atoms with van der Waals surface area (Å²) < 4.78 is 22.5. The van der Waals surface area contributed by atoms with Crippen molar-refractivity contribution in [3.8, 4) is 0 Å². The molecule has 5 nitrogen and oxygen atoms in total. The van der Waals surface area contributed by atoms with Gasteiger partial charge in [0.25, 0.3) is 0 Å². The number of sulfonamides is 1. The first-order valence-electron chi connectivity index (χ1n) is 6.09. The molecule has 1 aromatic rings. The maximum Gasteiger partial charge on any atom is 0.238 e. The predicted octanol–water partition coefficient (Wildman–Crippen LogP) is 1.79. The van der Waals surface area contributed by atoms with Crippen LogP contribution in [-0.2, 0) is 10.0 Å². The number of anilines is 2. The van der Waals surface area contributed by atoms with Crippen LogP contribution >= 0.6 is 0 Å². The first-order valence-corrected chi connectivity index (χ1v) is 7.64. The number of nitrogens with zero attached hydrogens (tertiary/aromatic N) is 1. The number of nitrogens with two attached hydrogens (primary N) is 2. The molecule has 0 spiro atoms. The molecular weight excluding hydrogens is 262 g/mol. The zero-order chi connectivity index (χ0) is 15.0. The average molecular weight is 285 g/mol. The third-order valence-electron chi connectivity index (χ3n) is 3.54. The molecule has 0 saturated heterocycles. The lowest BCUT2D eigenvalue weighted by atomic mass is 9.87. The zero-order valence-corrected chi connectivity index (χ0v) is 13.0. The van der Waals surface area contributed by atoms with Crippen LogP contribution in [0.2, 0.25) is 0 Å². The van der Waals surface area contributed by atoms with Crippen LogP contribution in [0.4, 0.5) is 11.4 Å². The van der Waals surface area contributed by atoms with E-state index in [1.807, 2.05) is 11.9 Å². The standard InChI is InChI=1S/C13H23N3O2S/c1-9(13(2,3)4)16(5)12-7-6-10(8-11(12)14)19(15,17)18/h6-9H,14H2,1-5H3,(H2,15,17,18). The Kier molecular flexibility index (Phi) is 4.17. The Labute approximate surface area is 115 Å². The van der Waals surface area contributed by atoms with E-state index in [2.05, 4.69) is 27.7 Å².